The van der Waals surface area contributed by atoms with Crippen LogP contribution in [0.15, 0.2) is 30.6 Å². The molecule has 1 saturated carbocycles. The highest BCUT2D eigenvalue weighted by atomic mass is 19.4. The van der Waals surface area contributed by atoms with Gasteiger partial charge in [-0.05, 0) is 25.0 Å². The molecule has 0 saturated heterocycles. The number of nitrogens with one attached hydrogen (secondary N) is 2. The summed E-state index contributed by atoms with van der Waals surface area (Å²) in [6, 6.07) is 7.02. The van der Waals surface area contributed by atoms with E-state index in [1.165, 1.54) is 6.20 Å². The molecule has 0 unspecified atom stereocenters. The lowest BCUT2D eigenvalue weighted by Gasteiger charge is -2.15. The molecular weight excluding hydrogens is 355 g/mol. The van der Waals surface area contributed by atoms with E-state index >= 15 is 0 Å². The first kappa shape index (κ1) is 17.3. The molecule has 0 atom stereocenters. The number of nitriles is 1. The summed E-state index contributed by atoms with van der Waals surface area (Å²) in [4.78, 5) is 11.0. The van der Waals surface area contributed by atoms with Gasteiger partial charge in [-0.15, -0.1) is 0 Å². The van der Waals surface area contributed by atoms with Crippen LogP contribution in [0.25, 0.3) is 22.2 Å². The summed E-state index contributed by atoms with van der Waals surface area (Å²) in [5.41, 5.74) is 0.289. The quantitative estimate of drug-likeness (QED) is 0.689. The Labute approximate surface area is 153 Å². The number of rotatable bonds is 3. The third-order valence-electron chi connectivity index (χ3n) is 4.85. The van der Waals surface area contributed by atoms with Gasteiger partial charge in [0.25, 0.3) is 0 Å². The second-order valence-electron chi connectivity index (χ2n) is 6.65. The number of nitrogens with zero attached hydrogens (tertiary/aromatic N) is 3. The van der Waals surface area contributed by atoms with Crippen LogP contribution >= 0.6 is 0 Å². The lowest BCUT2D eigenvalue weighted by molar-refractivity contribution is -0.137. The number of halogens is 3. The average Bonchev–Trinajstić information content (AvgIpc) is 3.29. The molecule has 2 N–H and O–H groups in total. The van der Waals surface area contributed by atoms with E-state index in [0.717, 1.165) is 31.9 Å². The Kier molecular flexibility index (Phi) is 4.22. The molecule has 1 aliphatic carbocycles. The van der Waals surface area contributed by atoms with E-state index in [2.05, 4.69) is 20.3 Å². The normalized spacial score (nSPS) is 15.2. The summed E-state index contributed by atoms with van der Waals surface area (Å²) in [5.74, 6) is 0.202. The molecule has 8 heteroatoms. The maximum atomic E-state index is 13.5. The van der Waals surface area contributed by atoms with Gasteiger partial charge in [-0.3, -0.25) is 0 Å². The van der Waals surface area contributed by atoms with Crippen molar-refractivity contribution in [1.82, 2.24) is 15.0 Å². The number of hydrogen-bond acceptors (Lipinski definition) is 4. The van der Waals surface area contributed by atoms with Gasteiger partial charge in [0.15, 0.2) is 0 Å². The van der Waals surface area contributed by atoms with Crippen LogP contribution in [-0.2, 0) is 6.18 Å². The summed E-state index contributed by atoms with van der Waals surface area (Å²) in [7, 11) is 0. The monoisotopic (exact) mass is 371 g/mol. The Hall–Kier alpha value is -3.08. The number of aromatic amines is 1. The molecular formula is C19H16F3N5. The fourth-order valence-electron chi connectivity index (χ4n) is 3.51. The first-order chi connectivity index (χ1) is 13.0. The van der Waals surface area contributed by atoms with Crippen molar-refractivity contribution in [3.8, 4) is 17.3 Å². The van der Waals surface area contributed by atoms with Crippen LogP contribution in [0.1, 0.15) is 36.8 Å². The van der Waals surface area contributed by atoms with Crippen molar-refractivity contribution in [2.45, 2.75) is 37.9 Å². The lowest BCUT2D eigenvalue weighted by Crippen LogP contribution is -2.18. The Morgan fingerprint density at radius 1 is 1.22 bits per heavy atom. The maximum Gasteiger partial charge on any atom is 0.419 e. The minimum absolute atomic E-state index is 0.172. The summed E-state index contributed by atoms with van der Waals surface area (Å²) >= 11 is 0. The van der Waals surface area contributed by atoms with E-state index in [0.29, 0.717) is 22.0 Å². The van der Waals surface area contributed by atoms with Crippen LogP contribution in [0, 0.1) is 11.3 Å². The van der Waals surface area contributed by atoms with Crippen LogP contribution in [0.4, 0.5) is 19.1 Å². The summed E-state index contributed by atoms with van der Waals surface area (Å²) in [6.07, 6.45) is 1.86. The minimum Gasteiger partial charge on any atom is -0.360 e. The molecule has 0 bridgehead atoms. The van der Waals surface area contributed by atoms with Gasteiger partial charge in [0.05, 0.1) is 17.3 Å². The molecule has 0 radical (unpaired) electrons. The molecule has 1 aromatic carbocycles. The van der Waals surface area contributed by atoms with Gasteiger partial charge in [0.1, 0.15) is 5.56 Å². The number of alkyl halides is 3. The molecule has 138 valence electrons. The van der Waals surface area contributed by atoms with Gasteiger partial charge in [0.2, 0.25) is 5.95 Å². The van der Waals surface area contributed by atoms with Crippen molar-refractivity contribution in [1.29, 1.82) is 5.26 Å². The van der Waals surface area contributed by atoms with Gasteiger partial charge < -0.3 is 10.3 Å². The zero-order valence-electron chi connectivity index (χ0n) is 14.3. The zero-order chi connectivity index (χ0) is 19.0. The molecule has 0 spiro atoms. The molecule has 1 fully saturated rings. The minimum atomic E-state index is -4.57. The highest BCUT2D eigenvalue weighted by Gasteiger charge is 2.36. The first-order valence-electron chi connectivity index (χ1n) is 8.68. The Morgan fingerprint density at radius 2 is 2.00 bits per heavy atom. The molecule has 27 heavy (non-hydrogen) atoms. The van der Waals surface area contributed by atoms with E-state index < -0.39 is 11.7 Å². The summed E-state index contributed by atoms with van der Waals surface area (Å²) in [6.45, 7) is 0. The maximum absolute atomic E-state index is 13.5. The van der Waals surface area contributed by atoms with Gasteiger partial charge in [-0.25, -0.2) is 9.97 Å². The Balaban J connectivity index is 1.83. The number of H-pyrrole nitrogens is 1. The number of anilines is 1. The van der Waals surface area contributed by atoms with E-state index in [4.69, 9.17) is 5.26 Å². The van der Waals surface area contributed by atoms with Crippen molar-refractivity contribution >= 4 is 16.9 Å². The van der Waals surface area contributed by atoms with Gasteiger partial charge in [-0.2, -0.15) is 18.4 Å². The number of fused-ring (bicyclic) bond motifs is 1. The third-order valence-corrected chi connectivity index (χ3v) is 4.85. The van der Waals surface area contributed by atoms with Gasteiger partial charge in [0, 0.05) is 34.9 Å². The van der Waals surface area contributed by atoms with Crippen LogP contribution in [0.5, 0.6) is 0 Å². The number of hydrogen-bond donors (Lipinski definition) is 2. The molecule has 5 nitrogen and oxygen atoms in total. The van der Waals surface area contributed by atoms with Crippen LogP contribution in [0.2, 0.25) is 0 Å². The van der Waals surface area contributed by atoms with E-state index in [1.54, 1.807) is 18.2 Å². The van der Waals surface area contributed by atoms with Crippen molar-refractivity contribution in [2.75, 3.05) is 5.32 Å². The topological polar surface area (TPSA) is 77.4 Å². The van der Waals surface area contributed by atoms with Crippen molar-refractivity contribution in [2.24, 2.45) is 0 Å². The second-order valence-corrected chi connectivity index (χ2v) is 6.65. The fourth-order valence-corrected chi connectivity index (χ4v) is 3.51. The largest absolute Gasteiger partial charge is 0.419 e. The zero-order valence-corrected chi connectivity index (χ0v) is 14.3. The van der Waals surface area contributed by atoms with Crippen LogP contribution in [0.3, 0.4) is 0 Å². The van der Waals surface area contributed by atoms with Gasteiger partial charge in [-0.1, -0.05) is 18.9 Å². The van der Waals surface area contributed by atoms with Crippen molar-refractivity contribution in [3.05, 3.63) is 41.7 Å². The highest BCUT2D eigenvalue weighted by molar-refractivity contribution is 5.96. The predicted octanol–water partition coefficient (Wildman–Crippen LogP) is 4.87. The van der Waals surface area contributed by atoms with Crippen LogP contribution < -0.4 is 5.32 Å². The van der Waals surface area contributed by atoms with Crippen molar-refractivity contribution < 1.29 is 13.2 Å². The third kappa shape index (κ3) is 3.33. The Morgan fingerprint density at radius 3 is 2.70 bits per heavy atom. The predicted molar refractivity (Wildman–Crippen MR) is 94.9 cm³/mol. The molecule has 2 aromatic heterocycles. The van der Waals surface area contributed by atoms with E-state index in [-0.39, 0.29) is 17.7 Å². The lowest BCUT2D eigenvalue weighted by atomic mass is 10.0. The van der Waals surface area contributed by atoms with E-state index in [9.17, 15) is 13.2 Å². The standard InChI is InChI=1S/C19H16F3N5/c20-19(21,22)15-10-25-18(26-12-3-1-2-4-12)27-17(15)14-9-24-16-7-11(8-23)5-6-13(14)16/h5-7,9-10,12,24H,1-4H2,(H,25,26,27). The van der Waals surface area contributed by atoms with Crippen molar-refractivity contribution in [3.63, 3.8) is 0 Å². The number of benzene rings is 1. The molecule has 4 rings (SSSR count). The SMILES string of the molecule is N#Cc1ccc2c(-c3nc(NC4CCCC4)ncc3C(F)(F)F)c[nH]c2c1. The van der Waals surface area contributed by atoms with E-state index in [1.807, 2.05) is 6.07 Å². The Bertz CT molecular complexity index is 1030. The number of aromatic nitrogens is 3. The smallest absolute Gasteiger partial charge is 0.360 e. The molecule has 0 aliphatic heterocycles. The summed E-state index contributed by atoms with van der Waals surface area (Å²) in [5, 5.41) is 12.7. The molecule has 0 amide bonds. The summed E-state index contributed by atoms with van der Waals surface area (Å²) < 4.78 is 40.6. The molecule has 1 aliphatic rings. The molecule has 2 heterocycles. The molecule has 3 aromatic rings. The van der Waals surface area contributed by atoms with Crippen LogP contribution in [-0.4, -0.2) is 21.0 Å². The highest BCUT2D eigenvalue weighted by Crippen LogP contribution is 2.39. The fraction of sp³-hybridized carbons (Fsp3) is 0.316. The first-order valence-corrected chi connectivity index (χ1v) is 8.68. The second kappa shape index (κ2) is 6.58. The van der Waals surface area contributed by atoms with Gasteiger partial charge >= 0.3 is 6.18 Å². The average molecular weight is 371 g/mol.